The third-order valence-electron chi connectivity index (χ3n) is 2.35. The van der Waals surface area contributed by atoms with Gasteiger partial charge in [-0.3, -0.25) is 14.8 Å². The van der Waals surface area contributed by atoms with Crippen LogP contribution in [-0.4, -0.2) is 25.8 Å². The van der Waals surface area contributed by atoms with E-state index in [0.717, 1.165) is 0 Å². The van der Waals surface area contributed by atoms with Crippen molar-refractivity contribution in [1.29, 1.82) is 5.26 Å². The minimum atomic E-state index is -0.753. The number of hydrogen-bond donors (Lipinski definition) is 2. The van der Waals surface area contributed by atoms with Crippen LogP contribution in [-0.2, 0) is 4.79 Å². The summed E-state index contributed by atoms with van der Waals surface area (Å²) >= 11 is 0. The predicted molar refractivity (Wildman–Crippen MR) is 67.9 cm³/mol. The summed E-state index contributed by atoms with van der Waals surface area (Å²) in [4.78, 5) is 36.4. The highest BCUT2D eigenvalue weighted by Gasteiger charge is 2.15. The summed E-state index contributed by atoms with van der Waals surface area (Å²) in [6.45, 7) is 1.20. The van der Waals surface area contributed by atoms with Crippen LogP contribution in [0.4, 0.5) is 5.95 Å². The number of hydrazine groups is 1. The van der Waals surface area contributed by atoms with Crippen LogP contribution in [0.15, 0.2) is 23.1 Å². The minimum Gasteiger partial charge on any atom is -0.288 e. The summed E-state index contributed by atoms with van der Waals surface area (Å²) in [6.07, 6.45) is 1.45. The zero-order chi connectivity index (χ0) is 14.7. The summed E-state index contributed by atoms with van der Waals surface area (Å²) in [5.74, 6) is 4.64. The van der Waals surface area contributed by atoms with E-state index in [9.17, 15) is 9.59 Å². The molecule has 0 aliphatic carbocycles. The molecule has 0 spiro atoms. The van der Waals surface area contributed by atoms with Crippen LogP contribution in [0, 0.1) is 11.3 Å². The van der Waals surface area contributed by atoms with E-state index in [1.807, 2.05) is 6.07 Å². The number of nitrogens with one attached hydrogen (secondary N) is 1. The van der Waals surface area contributed by atoms with Crippen LogP contribution < -0.4 is 16.5 Å². The lowest BCUT2D eigenvalue weighted by Crippen LogP contribution is -2.38. The fourth-order valence-corrected chi connectivity index (χ4v) is 1.42. The fraction of sp³-hybridized carbons (Fsp3) is 0.0909. The van der Waals surface area contributed by atoms with E-state index in [-0.39, 0.29) is 23.0 Å². The number of pyridine rings is 1. The van der Waals surface area contributed by atoms with Crippen molar-refractivity contribution in [3.05, 3.63) is 34.4 Å². The van der Waals surface area contributed by atoms with E-state index in [0.29, 0.717) is 5.01 Å². The van der Waals surface area contributed by atoms with Crippen LogP contribution in [0.5, 0.6) is 0 Å². The molecule has 100 valence electrons. The molecule has 2 heterocycles. The lowest BCUT2D eigenvalue weighted by atomic mass is 10.2. The number of amides is 1. The van der Waals surface area contributed by atoms with Gasteiger partial charge in [0.1, 0.15) is 11.8 Å². The average Bonchev–Trinajstić information content (AvgIpc) is 2.45. The average molecular weight is 271 g/mol. The Balaban J connectivity index is 2.62. The van der Waals surface area contributed by atoms with Gasteiger partial charge in [-0.1, -0.05) is 0 Å². The standard InChI is InChI=1S/C11H9N7O2/c1-6(19)18(13)10-15-9(16-11(20)17-10)8-7(5-12)3-2-4-14-8/h2-4H,13H2,1H3,(H,15,16,17,20). The number of aromatic amines is 1. The smallest absolute Gasteiger partial charge is 0.288 e. The Hall–Kier alpha value is -3.12. The second-order valence-electron chi connectivity index (χ2n) is 3.70. The van der Waals surface area contributed by atoms with Crippen LogP contribution in [0.25, 0.3) is 11.5 Å². The number of carbonyl (C=O) groups is 1. The summed E-state index contributed by atoms with van der Waals surface area (Å²) in [5, 5.41) is 9.63. The second kappa shape index (κ2) is 5.25. The van der Waals surface area contributed by atoms with Crippen LogP contribution in [0.2, 0.25) is 0 Å². The number of rotatable bonds is 2. The Labute approximate surface area is 112 Å². The third kappa shape index (κ3) is 2.50. The zero-order valence-electron chi connectivity index (χ0n) is 10.4. The van der Waals surface area contributed by atoms with Gasteiger partial charge in [0.05, 0.1) is 5.56 Å². The molecular formula is C11H9N7O2. The summed E-state index contributed by atoms with van der Waals surface area (Å²) in [6, 6.07) is 5.03. The minimum absolute atomic E-state index is 0.00819. The molecule has 1 amide bonds. The van der Waals surface area contributed by atoms with Gasteiger partial charge in [-0.25, -0.2) is 15.6 Å². The molecule has 0 atom stereocenters. The molecule has 0 saturated carbocycles. The monoisotopic (exact) mass is 271 g/mol. The SMILES string of the molecule is CC(=O)N(N)c1nc(-c2ncccc2C#N)[nH]c(=O)n1. The summed E-state index contributed by atoms with van der Waals surface area (Å²) in [7, 11) is 0. The van der Waals surface area contributed by atoms with Gasteiger partial charge in [-0.05, 0) is 12.1 Å². The molecule has 2 aromatic heterocycles. The maximum atomic E-state index is 11.5. The van der Waals surface area contributed by atoms with Gasteiger partial charge in [-0.15, -0.1) is 0 Å². The molecule has 20 heavy (non-hydrogen) atoms. The number of nitrogens with zero attached hydrogens (tertiary/aromatic N) is 5. The molecule has 0 radical (unpaired) electrons. The van der Waals surface area contributed by atoms with E-state index in [2.05, 4.69) is 19.9 Å². The molecule has 0 aliphatic rings. The second-order valence-corrected chi connectivity index (χ2v) is 3.70. The first kappa shape index (κ1) is 13.3. The van der Waals surface area contributed by atoms with Crippen LogP contribution in [0.3, 0.4) is 0 Å². The number of hydrogen-bond acceptors (Lipinski definition) is 7. The van der Waals surface area contributed by atoms with Gasteiger partial charge in [0, 0.05) is 13.1 Å². The fourth-order valence-electron chi connectivity index (χ4n) is 1.42. The van der Waals surface area contributed by atoms with Crippen molar-refractivity contribution in [3.8, 4) is 17.6 Å². The van der Waals surface area contributed by atoms with Gasteiger partial charge in [0.25, 0.3) is 5.95 Å². The Morgan fingerprint density at radius 3 is 2.90 bits per heavy atom. The van der Waals surface area contributed by atoms with E-state index in [1.54, 1.807) is 6.07 Å². The lowest BCUT2D eigenvalue weighted by Gasteiger charge is -2.11. The van der Waals surface area contributed by atoms with Crippen molar-refractivity contribution in [2.75, 3.05) is 5.01 Å². The van der Waals surface area contributed by atoms with Crippen molar-refractivity contribution >= 4 is 11.9 Å². The van der Waals surface area contributed by atoms with Crippen molar-refractivity contribution in [3.63, 3.8) is 0 Å². The van der Waals surface area contributed by atoms with Crippen molar-refractivity contribution in [2.45, 2.75) is 6.92 Å². The Bertz CT molecular complexity index is 762. The highest BCUT2D eigenvalue weighted by molar-refractivity contribution is 5.88. The molecule has 2 rings (SSSR count). The predicted octanol–water partition coefficient (Wildman–Crippen LogP) is -0.675. The van der Waals surface area contributed by atoms with Crippen molar-refractivity contribution in [2.24, 2.45) is 5.84 Å². The summed E-state index contributed by atoms with van der Waals surface area (Å²) in [5.41, 5.74) is -0.358. The lowest BCUT2D eigenvalue weighted by molar-refractivity contribution is -0.116. The highest BCUT2D eigenvalue weighted by atomic mass is 16.2. The Morgan fingerprint density at radius 2 is 2.25 bits per heavy atom. The first-order chi connectivity index (χ1) is 9.52. The van der Waals surface area contributed by atoms with Crippen molar-refractivity contribution in [1.82, 2.24) is 19.9 Å². The molecule has 9 heteroatoms. The normalized spacial score (nSPS) is 9.85. The van der Waals surface area contributed by atoms with E-state index >= 15 is 0 Å². The van der Waals surface area contributed by atoms with E-state index < -0.39 is 11.6 Å². The molecule has 0 bridgehead atoms. The van der Waals surface area contributed by atoms with Gasteiger partial charge in [-0.2, -0.15) is 15.2 Å². The summed E-state index contributed by atoms with van der Waals surface area (Å²) < 4.78 is 0. The molecule has 3 N–H and O–H groups in total. The van der Waals surface area contributed by atoms with Gasteiger partial charge >= 0.3 is 5.69 Å². The quantitative estimate of drug-likeness (QED) is 0.418. The number of anilines is 1. The zero-order valence-corrected chi connectivity index (χ0v) is 10.4. The third-order valence-corrected chi connectivity index (χ3v) is 2.35. The molecule has 0 unspecified atom stereocenters. The molecule has 0 saturated heterocycles. The van der Waals surface area contributed by atoms with E-state index in [1.165, 1.54) is 19.2 Å². The Morgan fingerprint density at radius 1 is 1.50 bits per heavy atom. The largest absolute Gasteiger partial charge is 0.349 e. The topological polar surface area (TPSA) is 142 Å². The van der Waals surface area contributed by atoms with Gasteiger partial charge in [0.2, 0.25) is 5.91 Å². The molecule has 9 nitrogen and oxygen atoms in total. The van der Waals surface area contributed by atoms with E-state index in [4.69, 9.17) is 11.1 Å². The molecule has 0 aliphatic heterocycles. The Kier molecular flexibility index (Phi) is 3.49. The van der Waals surface area contributed by atoms with Crippen molar-refractivity contribution < 1.29 is 4.79 Å². The maximum absolute atomic E-state index is 11.5. The molecule has 0 aromatic carbocycles. The maximum Gasteiger partial charge on any atom is 0.349 e. The molecule has 2 aromatic rings. The number of nitriles is 1. The number of nitrogens with two attached hydrogens (primary N) is 1. The van der Waals surface area contributed by atoms with Crippen LogP contribution in [0.1, 0.15) is 12.5 Å². The molecule has 0 fully saturated rings. The first-order valence-electron chi connectivity index (χ1n) is 5.42. The van der Waals surface area contributed by atoms with Gasteiger partial charge in [0.15, 0.2) is 5.82 Å². The number of H-pyrrole nitrogens is 1. The highest BCUT2D eigenvalue weighted by Crippen LogP contribution is 2.16. The number of carbonyl (C=O) groups excluding carboxylic acids is 1. The molecular weight excluding hydrogens is 262 g/mol. The van der Waals surface area contributed by atoms with Crippen LogP contribution >= 0.6 is 0 Å². The van der Waals surface area contributed by atoms with Gasteiger partial charge < -0.3 is 0 Å². The first-order valence-corrected chi connectivity index (χ1v) is 5.42. The number of aromatic nitrogens is 4.